The lowest BCUT2D eigenvalue weighted by atomic mass is 10.1. The molecule has 0 saturated carbocycles. The SMILES string of the molecule is CCC(=O)c1ccnc(OCCN2CCOCC2)c1. The van der Waals surface area contributed by atoms with Gasteiger partial charge in [0.2, 0.25) is 5.88 Å². The van der Waals surface area contributed by atoms with Crippen LogP contribution in [-0.2, 0) is 4.74 Å². The second-order valence-electron chi connectivity index (χ2n) is 4.46. The number of rotatable bonds is 6. The Morgan fingerprint density at radius 1 is 1.47 bits per heavy atom. The summed E-state index contributed by atoms with van der Waals surface area (Å²) in [6.07, 6.45) is 2.12. The molecule has 1 aliphatic heterocycles. The molecule has 1 aliphatic rings. The van der Waals surface area contributed by atoms with Gasteiger partial charge in [-0.1, -0.05) is 6.92 Å². The van der Waals surface area contributed by atoms with Crippen molar-refractivity contribution in [3.05, 3.63) is 23.9 Å². The van der Waals surface area contributed by atoms with Gasteiger partial charge in [-0.05, 0) is 6.07 Å². The van der Waals surface area contributed by atoms with E-state index in [-0.39, 0.29) is 5.78 Å². The van der Waals surface area contributed by atoms with Gasteiger partial charge in [0, 0.05) is 43.9 Å². The molecule has 1 saturated heterocycles. The summed E-state index contributed by atoms with van der Waals surface area (Å²) in [6.45, 7) is 6.77. The van der Waals surface area contributed by atoms with E-state index in [1.165, 1.54) is 0 Å². The molecule has 1 aromatic heterocycles. The lowest BCUT2D eigenvalue weighted by molar-refractivity contribution is 0.0320. The van der Waals surface area contributed by atoms with Crippen LogP contribution in [0.4, 0.5) is 0 Å². The van der Waals surface area contributed by atoms with E-state index < -0.39 is 0 Å². The quantitative estimate of drug-likeness (QED) is 0.727. The average molecular weight is 264 g/mol. The zero-order valence-electron chi connectivity index (χ0n) is 11.3. The summed E-state index contributed by atoms with van der Waals surface area (Å²) in [5.41, 5.74) is 0.666. The largest absolute Gasteiger partial charge is 0.476 e. The van der Waals surface area contributed by atoms with Gasteiger partial charge in [0.25, 0.3) is 0 Å². The Morgan fingerprint density at radius 3 is 3.00 bits per heavy atom. The Balaban J connectivity index is 1.80. The Kier molecular flexibility index (Phi) is 5.30. The van der Waals surface area contributed by atoms with E-state index in [0.29, 0.717) is 24.5 Å². The number of pyridine rings is 1. The lowest BCUT2D eigenvalue weighted by Gasteiger charge is -2.26. The van der Waals surface area contributed by atoms with Crippen LogP contribution >= 0.6 is 0 Å². The molecule has 1 fully saturated rings. The van der Waals surface area contributed by atoms with Crippen LogP contribution in [0.3, 0.4) is 0 Å². The number of carbonyl (C=O) groups is 1. The Labute approximate surface area is 113 Å². The monoisotopic (exact) mass is 264 g/mol. The first kappa shape index (κ1) is 14.0. The number of nitrogens with zero attached hydrogens (tertiary/aromatic N) is 2. The van der Waals surface area contributed by atoms with Crippen LogP contribution in [0.1, 0.15) is 23.7 Å². The number of carbonyl (C=O) groups excluding carboxylic acids is 1. The first-order chi connectivity index (χ1) is 9.29. The maximum Gasteiger partial charge on any atom is 0.213 e. The van der Waals surface area contributed by atoms with Crippen molar-refractivity contribution in [2.24, 2.45) is 0 Å². The van der Waals surface area contributed by atoms with Crippen LogP contribution in [0.15, 0.2) is 18.3 Å². The Morgan fingerprint density at radius 2 is 2.26 bits per heavy atom. The predicted molar refractivity (Wildman–Crippen MR) is 71.6 cm³/mol. The molecule has 104 valence electrons. The number of morpholine rings is 1. The molecule has 0 atom stereocenters. The van der Waals surface area contributed by atoms with Gasteiger partial charge in [0.05, 0.1) is 13.2 Å². The van der Waals surface area contributed by atoms with Crippen LogP contribution in [0.2, 0.25) is 0 Å². The molecule has 5 heteroatoms. The molecule has 19 heavy (non-hydrogen) atoms. The number of ketones is 1. The molecular formula is C14H20N2O3. The van der Waals surface area contributed by atoms with Gasteiger partial charge in [-0.15, -0.1) is 0 Å². The van der Waals surface area contributed by atoms with Crippen LogP contribution in [-0.4, -0.2) is 55.1 Å². The van der Waals surface area contributed by atoms with Gasteiger partial charge in [0.1, 0.15) is 6.61 Å². The van der Waals surface area contributed by atoms with E-state index >= 15 is 0 Å². The van der Waals surface area contributed by atoms with Crippen LogP contribution in [0, 0.1) is 0 Å². The van der Waals surface area contributed by atoms with Crippen molar-refractivity contribution < 1.29 is 14.3 Å². The number of ether oxygens (including phenoxy) is 2. The van der Waals surface area contributed by atoms with E-state index in [2.05, 4.69) is 9.88 Å². The minimum atomic E-state index is 0.112. The normalized spacial score (nSPS) is 16.3. The fourth-order valence-corrected chi connectivity index (χ4v) is 1.97. The van der Waals surface area contributed by atoms with E-state index in [1.807, 2.05) is 6.92 Å². The molecule has 0 unspecified atom stereocenters. The predicted octanol–water partition coefficient (Wildman–Crippen LogP) is 1.39. The van der Waals surface area contributed by atoms with Gasteiger partial charge in [-0.2, -0.15) is 0 Å². The van der Waals surface area contributed by atoms with Gasteiger partial charge in [-0.3, -0.25) is 9.69 Å². The summed E-state index contributed by atoms with van der Waals surface area (Å²) in [7, 11) is 0. The average Bonchev–Trinajstić information content (AvgIpc) is 2.48. The summed E-state index contributed by atoms with van der Waals surface area (Å²) in [5.74, 6) is 0.632. The molecule has 5 nitrogen and oxygen atoms in total. The summed E-state index contributed by atoms with van der Waals surface area (Å²) >= 11 is 0. The highest BCUT2D eigenvalue weighted by Gasteiger charge is 2.10. The standard InChI is InChI=1S/C14H20N2O3/c1-2-13(17)12-3-4-15-14(11-12)19-10-7-16-5-8-18-9-6-16/h3-4,11H,2,5-10H2,1H3. The molecule has 0 radical (unpaired) electrons. The van der Waals surface area contributed by atoms with Crippen molar-refractivity contribution in [2.75, 3.05) is 39.5 Å². The highest BCUT2D eigenvalue weighted by molar-refractivity contribution is 5.95. The molecule has 0 amide bonds. The summed E-state index contributed by atoms with van der Waals surface area (Å²) in [5, 5.41) is 0. The third-order valence-electron chi connectivity index (χ3n) is 3.14. The summed E-state index contributed by atoms with van der Waals surface area (Å²) in [4.78, 5) is 18.0. The number of hydrogen-bond donors (Lipinski definition) is 0. The fourth-order valence-electron chi connectivity index (χ4n) is 1.97. The number of aromatic nitrogens is 1. The van der Waals surface area contributed by atoms with Gasteiger partial charge in [0.15, 0.2) is 5.78 Å². The molecular weight excluding hydrogens is 244 g/mol. The second-order valence-corrected chi connectivity index (χ2v) is 4.46. The first-order valence-corrected chi connectivity index (χ1v) is 6.71. The molecule has 0 N–H and O–H groups in total. The van der Waals surface area contributed by atoms with E-state index in [0.717, 1.165) is 32.8 Å². The minimum Gasteiger partial charge on any atom is -0.476 e. The smallest absolute Gasteiger partial charge is 0.213 e. The molecule has 0 aromatic carbocycles. The maximum absolute atomic E-state index is 11.6. The van der Waals surface area contributed by atoms with Crippen LogP contribution in [0.25, 0.3) is 0 Å². The van der Waals surface area contributed by atoms with Crippen LogP contribution in [0.5, 0.6) is 5.88 Å². The van der Waals surface area contributed by atoms with E-state index in [1.54, 1.807) is 18.3 Å². The van der Waals surface area contributed by atoms with E-state index in [9.17, 15) is 4.79 Å². The molecule has 0 aliphatic carbocycles. The van der Waals surface area contributed by atoms with Crippen molar-refractivity contribution in [3.8, 4) is 5.88 Å². The Hall–Kier alpha value is -1.46. The van der Waals surface area contributed by atoms with Gasteiger partial charge < -0.3 is 9.47 Å². The zero-order valence-corrected chi connectivity index (χ0v) is 11.3. The fraction of sp³-hybridized carbons (Fsp3) is 0.571. The molecule has 0 spiro atoms. The van der Waals surface area contributed by atoms with Crippen molar-refractivity contribution >= 4 is 5.78 Å². The molecule has 1 aromatic rings. The minimum absolute atomic E-state index is 0.112. The van der Waals surface area contributed by atoms with Crippen molar-refractivity contribution in [1.29, 1.82) is 0 Å². The van der Waals surface area contributed by atoms with Crippen LogP contribution < -0.4 is 4.74 Å². The third kappa shape index (κ3) is 4.29. The summed E-state index contributed by atoms with van der Waals surface area (Å²) < 4.78 is 10.9. The summed E-state index contributed by atoms with van der Waals surface area (Å²) in [6, 6.07) is 3.44. The lowest BCUT2D eigenvalue weighted by Crippen LogP contribution is -2.38. The van der Waals surface area contributed by atoms with Gasteiger partial charge >= 0.3 is 0 Å². The molecule has 0 bridgehead atoms. The van der Waals surface area contributed by atoms with Crippen molar-refractivity contribution in [1.82, 2.24) is 9.88 Å². The Bertz CT molecular complexity index is 417. The first-order valence-electron chi connectivity index (χ1n) is 6.71. The highest BCUT2D eigenvalue weighted by Crippen LogP contribution is 2.11. The topological polar surface area (TPSA) is 51.7 Å². The zero-order chi connectivity index (χ0) is 13.5. The highest BCUT2D eigenvalue weighted by atomic mass is 16.5. The van der Waals surface area contributed by atoms with Crippen molar-refractivity contribution in [2.45, 2.75) is 13.3 Å². The number of hydrogen-bond acceptors (Lipinski definition) is 5. The van der Waals surface area contributed by atoms with Crippen molar-refractivity contribution in [3.63, 3.8) is 0 Å². The number of Topliss-reactive ketones (excluding diaryl/α,β-unsaturated/α-hetero) is 1. The van der Waals surface area contributed by atoms with Gasteiger partial charge in [-0.25, -0.2) is 4.98 Å². The maximum atomic E-state index is 11.6. The molecule has 2 heterocycles. The molecule has 2 rings (SSSR count). The second kappa shape index (κ2) is 7.21. The van der Waals surface area contributed by atoms with E-state index in [4.69, 9.17) is 9.47 Å². The third-order valence-corrected chi connectivity index (χ3v) is 3.14.